The topological polar surface area (TPSA) is 68.0 Å². The number of halogens is 2. The monoisotopic (exact) mass is 383 g/mol. The van der Waals surface area contributed by atoms with Crippen molar-refractivity contribution in [2.75, 3.05) is 5.73 Å². The van der Waals surface area contributed by atoms with E-state index in [0.29, 0.717) is 12.1 Å². The number of anilines is 1. The lowest BCUT2D eigenvalue weighted by Gasteiger charge is -2.07. The molecule has 0 saturated heterocycles. The van der Waals surface area contributed by atoms with E-state index in [0.717, 1.165) is 14.5 Å². The summed E-state index contributed by atoms with van der Waals surface area (Å²) in [4.78, 5) is 15.9. The van der Waals surface area contributed by atoms with Crippen LogP contribution in [0.15, 0.2) is 45.5 Å². The number of hydrogen-bond donors (Lipinski definition) is 2. The molecule has 0 aliphatic heterocycles. The molecule has 19 heavy (non-hydrogen) atoms. The molecule has 6 heteroatoms. The Morgan fingerprint density at radius 1 is 1.21 bits per heavy atom. The van der Waals surface area contributed by atoms with Crippen molar-refractivity contribution in [1.82, 2.24) is 10.3 Å². The Labute approximate surface area is 127 Å². The van der Waals surface area contributed by atoms with Gasteiger partial charge in [-0.15, -0.1) is 0 Å². The number of hydrogen-bond acceptors (Lipinski definition) is 3. The molecule has 3 N–H and O–H groups in total. The fraction of sp³-hybridized carbons (Fsp3) is 0.0769. The van der Waals surface area contributed by atoms with E-state index in [2.05, 4.69) is 42.2 Å². The van der Waals surface area contributed by atoms with Crippen LogP contribution < -0.4 is 11.1 Å². The van der Waals surface area contributed by atoms with Crippen LogP contribution in [0.3, 0.4) is 0 Å². The molecule has 0 radical (unpaired) electrons. The van der Waals surface area contributed by atoms with Crippen LogP contribution in [0.25, 0.3) is 0 Å². The van der Waals surface area contributed by atoms with Gasteiger partial charge in [-0.05, 0) is 39.7 Å². The van der Waals surface area contributed by atoms with Gasteiger partial charge in [-0.2, -0.15) is 0 Å². The lowest BCUT2D eigenvalue weighted by Crippen LogP contribution is -2.24. The molecule has 0 spiro atoms. The summed E-state index contributed by atoms with van der Waals surface area (Å²) in [6.07, 6.45) is 1.56. The lowest BCUT2D eigenvalue weighted by atomic mass is 10.2. The maximum Gasteiger partial charge on any atom is 0.255 e. The largest absolute Gasteiger partial charge is 0.383 e. The van der Waals surface area contributed by atoms with Crippen molar-refractivity contribution in [3.05, 3.63) is 56.6 Å². The zero-order chi connectivity index (χ0) is 13.8. The minimum atomic E-state index is -0.241. The van der Waals surface area contributed by atoms with Crippen molar-refractivity contribution in [2.24, 2.45) is 0 Å². The number of amides is 1. The number of nitrogen functional groups attached to an aromatic ring is 1. The second-order valence-corrected chi connectivity index (χ2v) is 5.73. The highest BCUT2D eigenvalue weighted by Crippen LogP contribution is 2.16. The number of carbonyl (C=O) groups excluding carboxylic acids is 1. The van der Waals surface area contributed by atoms with Crippen molar-refractivity contribution < 1.29 is 4.79 Å². The molecule has 98 valence electrons. The number of rotatable bonds is 3. The maximum atomic E-state index is 12.0. The summed E-state index contributed by atoms with van der Waals surface area (Å²) in [6, 6.07) is 9.38. The number of nitrogens with zero attached hydrogens (tertiary/aromatic N) is 1. The third kappa shape index (κ3) is 3.78. The van der Waals surface area contributed by atoms with E-state index in [-0.39, 0.29) is 11.7 Å². The van der Waals surface area contributed by atoms with E-state index < -0.39 is 0 Å². The third-order valence-corrected chi connectivity index (χ3v) is 3.46. The van der Waals surface area contributed by atoms with E-state index in [1.54, 1.807) is 12.3 Å². The van der Waals surface area contributed by atoms with Gasteiger partial charge in [-0.1, -0.05) is 28.1 Å². The molecule has 4 nitrogen and oxygen atoms in total. The van der Waals surface area contributed by atoms with Crippen LogP contribution in [0, 0.1) is 0 Å². The minimum absolute atomic E-state index is 0.219. The molecule has 0 saturated carbocycles. The highest BCUT2D eigenvalue weighted by molar-refractivity contribution is 9.10. The van der Waals surface area contributed by atoms with Gasteiger partial charge in [0.25, 0.3) is 5.91 Å². The van der Waals surface area contributed by atoms with E-state index in [9.17, 15) is 4.79 Å². The Kier molecular flexibility index (Phi) is 4.55. The van der Waals surface area contributed by atoms with E-state index in [1.165, 1.54) is 0 Å². The van der Waals surface area contributed by atoms with Crippen molar-refractivity contribution >= 4 is 43.6 Å². The van der Waals surface area contributed by atoms with Crippen LogP contribution in [0.5, 0.6) is 0 Å². The normalized spacial score (nSPS) is 10.2. The van der Waals surface area contributed by atoms with Gasteiger partial charge in [-0.25, -0.2) is 4.98 Å². The quantitative estimate of drug-likeness (QED) is 0.854. The summed E-state index contributed by atoms with van der Waals surface area (Å²) >= 11 is 6.63. The van der Waals surface area contributed by atoms with Gasteiger partial charge in [0.05, 0.1) is 5.56 Å². The van der Waals surface area contributed by atoms with Gasteiger partial charge in [0.2, 0.25) is 0 Å². The predicted octanol–water partition coefficient (Wildman–Crippen LogP) is 3.12. The standard InChI is InChI=1S/C13H11Br2N3O/c14-9-3-1-8(2-4-9)6-18-13(19)11-5-10(15)7-17-12(11)16/h1-5,7H,6H2,(H2,16,17)(H,18,19). The summed E-state index contributed by atoms with van der Waals surface area (Å²) in [5.41, 5.74) is 7.06. The molecule has 2 rings (SSSR count). The molecule has 0 aliphatic rings. The lowest BCUT2D eigenvalue weighted by molar-refractivity contribution is 0.0951. The fourth-order valence-corrected chi connectivity index (χ4v) is 2.11. The third-order valence-electron chi connectivity index (χ3n) is 2.50. The molecular formula is C13H11Br2N3O. The molecular weight excluding hydrogens is 374 g/mol. The average molecular weight is 385 g/mol. The second kappa shape index (κ2) is 6.16. The van der Waals surface area contributed by atoms with Crippen LogP contribution in [0.2, 0.25) is 0 Å². The van der Waals surface area contributed by atoms with Crippen molar-refractivity contribution in [2.45, 2.75) is 6.54 Å². The zero-order valence-corrected chi connectivity index (χ0v) is 13.0. The van der Waals surface area contributed by atoms with Crippen molar-refractivity contribution in [1.29, 1.82) is 0 Å². The second-order valence-electron chi connectivity index (χ2n) is 3.90. The van der Waals surface area contributed by atoms with Gasteiger partial charge in [-0.3, -0.25) is 4.79 Å². The number of nitrogens with one attached hydrogen (secondary N) is 1. The molecule has 0 bridgehead atoms. The Balaban J connectivity index is 2.05. The smallest absolute Gasteiger partial charge is 0.255 e. The first-order chi connectivity index (χ1) is 9.06. The minimum Gasteiger partial charge on any atom is -0.383 e. The molecule has 0 unspecified atom stereocenters. The first-order valence-corrected chi connectivity index (χ1v) is 7.08. The number of carbonyl (C=O) groups is 1. The molecule has 0 aliphatic carbocycles. The number of aromatic nitrogens is 1. The van der Waals surface area contributed by atoms with Gasteiger partial charge >= 0.3 is 0 Å². The Hall–Kier alpha value is -1.40. The first-order valence-electron chi connectivity index (χ1n) is 5.50. The molecule has 1 amide bonds. The van der Waals surface area contributed by atoms with Crippen LogP contribution in [0.1, 0.15) is 15.9 Å². The SMILES string of the molecule is Nc1ncc(Br)cc1C(=O)NCc1ccc(Br)cc1. The number of pyridine rings is 1. The summed E-state index contributed by atoms with van der Waals surface area (Å²) in [7, 11) is 0. The molecule has 1 heterocycles. The molecule has 0 atom stereocenters. The molecule has 0 fully saturated rings. The summed E-state index contributed by atoms with van der Waals surface area (Å²) in [5.74, 6) is -0.0225. The maximum absolute atomic E-state index is 12.0. The van der Waals surface area contributed by atoms with Gasteiger partial charge < -0.3 is 11.1 Å². The molecule has 1 aromatic carbocycles. The molecule has 2 aromatic rings. The highest BCUT2D eigenvalue weighted by atomic mass is 79.9. The molecule has 1 aromatic heterocycles. The predicted molar refractivity (Wildman–Crippen MR) is 81.7 cm³/mol. The van der Waals surface area contributed by atoms with E-state index >= 15 is 0 Å². The first kappa shape index (κ1) is 14.0. The summed E-state index contributed by atoms with van der Waals surface area (Å²) in [5, 5.41) is 2.81. The number of nitrogens with two attached hydrogens (primary N) is 1. The number of benzene rings is 1. The Morgan fingerprint density at radius 3 is 2.58 bits per heavy atom. The summed E-state index contributed by atoms with van der Waals surface area (Å²) < 4.78 is 1.72. The van der Waals surface area contributed by atoms with Crippen molar-refractivity contribution in [3.63, 3.8) is 0 Å². The van der Waals surface area contributed by atoms with Crippen LogP contribution in [-0.4, -0.2) is 10.9 Å². The Bertz CT molecular complexity index is 599. The van der Waals surface area contributed by atoms with Gasteiger partial charge in [0, 0.05) is 21.7 Å². The highest BCUT2D eigenvalue weighted by Gasteiger charge is 2.10. The van der Waals surface area contributed by atoms with Crippen LogP contribution in [-0.2, 0) is 6.54 Å². The fourth-order valence-electron chi connectivity index (χ4n) is 1.51. The van der Waals surface area contributed by atoms with E-state index in [1.807, 2.05) is 24.3 Å². The Morgan fingerprint density at radius 2 is 1.89 bits per heavy atom. The zero-order valence-electron chi connectivity index (χ0n) is 9.86. The van der Waals surface area contributed by atoms with Gasteiger partial charge in [0.15, 0.2) is 0 Å². The van der Waals surface area contributed by atoms with Crippen LogP contribution in [0.4, 0.5) is 5.82 Å². The van der Waals surface area contributed by atoms with Crippen molar-refractivity contribution in [3.8, 4) is 0 Å². The summed E-state index contributed by atoms with van der Waals surface area (Å²) in [6.45, 7) is 0.443. The average Bonchev–Trinajstić information content (AvgIpc) is 2.40. The van der Waals surface area contributed by atoms with E-state index in [4.69, 9.17) is 5.73 Å². The van der Waals surface area contributed by atoms with Gasteiger partial charge in [0.1, 0.15) is 5.82 Å². The van der Waals surface area contributed by atoms with Crippen LogP contribution >= 0.6 is 31.9 Å².